The van der Waals surface area contributed by atoms with Crippen molar-refractivity contribution in [2.45, 2.75) is 26.4 Å². The van der Waals surface area contributed by atoms with Gasteiger partial charge >= 0.3 is 0 Å². The molecule has 0 aromatic carbocycles. The molecule has 0 spiro atoms. The van der Waals surface area contributed by atoms with Crippen LogP contribution in [0.5, 0.6) is 0 Å². The first-order chi connectivity index (χ1) is 6.70. The molecule has 0 unspecified atom stereocenters. The Balaban J connectivity index is 0. The van der Waals surface area contributed by atoms with Crippen LogP contribution in [0.15, 0.2) is 0 Å². The maximum atomic E-state index is 10.5. The second kappa shape index (κ2) is 7.87. The largest absolute Gasteiger partial charge is 0.550 e. The van der Waals surface area contributed by atoms with Gasteiger partial charge in [0.2, 0.25) is 0 Å². The summed E-state index contributed by atoms with van der Waals surface area (Å²) in [5, 5.41) is 10.5. The van der Waals surface area contributed by atoms with Crippen molar-refractivity contribution in [1.29, 1.82) is 0 Å². The Hall–Kier alpha value is -0.320. The fourth-order valence-electron chi connectivity index (χ4n) is 1.30. The maximum absolute atomic E-state index is 10.5. The Morgan fingerprint density at radius 1 is 1.31 bits per heavy atom. The summed E-state index contributed by atoms with van der Waals surface area (Å²) < 4.78 is 6.24. The molecule has 0 bridgehead atoms. The third-order valence-electron chi connectivity index (χ3n) is 1.81. The highest BCUT2D eigenvalue weighted by Gasteiger charge is 2.19. The van der Waals surface area contributed by atoms with E-state index in [1.807, 2.05) is 35.0 Å². The smallest absolute Gasteiger partial charge is 0.112 e. The van der Waals surface area contributed by atoms with E-state index in [-0.39, 0.29) is 24.9 Å². The molecule has 0 aliphatic carbocycles. The Morgan fingerprint density at radius 3 is 2.12 bits per heavy atom. The zero-order chi connectivity index (χ0) is 12.1. The summed E-state index contributed by atoms with van der Waals surface area (Å²) in [6, 6.07) is 0. The number of rotatable bonds is 7. The first-order valence-electron chi connectivity index (χ1n) is 5.32. The fraction of sp³-hybridized carbons (Fsp3) is 0.909. The van der Waals surface area contributed by atoms with Gasteiger partial charge in [0, 0.05) is 19.0 Å². The van der Waals surface area contributed by atoms with Crippen LogP contribution in [-0.2, 0) is 9.53 Å². The zero-order valence-corrected chi connectivity index (χ0v) is 11.7. The van der Waals surface area contributed by atoms with E-state index in [1.54, 1.807) is 0 Å². The molecule has 0 heterocycles. The highest BCUT2D eigenvalue weighted by Crippen LogP contribution is 2.06. The number of nitrogens with zero attached hydrogens (tertiary/aromatic N) is 1. The van der Waals surface area contributed by atoms with Gasteiger partial charge in [-0.25, -0.2) is 0 Å². The predicted octanol–water partition coefficient (Wildman–Crippen LogP) is 0.296. The van der Waals surface area contributed by atoms with E-state index in [2.05, 4.69) is 0 Å². The van der Waals surface area contributed by atoms with Gasteiger partial charge in [0.25, 0.3) is 0 Å². The second-order valence-electron chi connectivity index (χ2n) is 5.40. The van der Waals surface area contributed by atoms with Gasteiger partial charge in [0.15, 0.2) is 0 Å². The molecule has 0 saturated heterocycles. The normalized spacial score (nSPS) is 13.4. The molecule has 98 valence electrons. The fourth-order valence-corrected chi connectivity index (χ4v) is 1.30. The van der Waals surface area contributed by atoms with Crippen molar-refractivity contribution < 1.29 is 19.1 Å². The molecule has 0 rings (SSSR count). The van der Waals surface area contributed by atoms with Crippen LogP contribution in [0, 0.1) is 5.92 Å². The third kappa shape index (κ3) is 11.8. The summed E-state index contributed by atoms with van der Waals surface area (Å²) >= 11 is 0. The van der Waals surface area contributed by atoms with Gasteiger partial charge in [-0.05, 0) is 5.92 Å². The first-order valence-corrected chi connectivity index (χ1v) is 5.32. The van der Waals surface area contributed by atoms with Crippen LogP contribution in [0.3, 0.4) is 0 Å². The Kier molecular flexibility index (Phi) is 8.88. The molecule has 0 saturated carbocycles. The summed E-state index contributed by atoms with van der Waals surface area (Å²) in [6.45, 7) is 5.36. The summed E-state index contributed by atoms with van der Waals surface area (Å²) in [5.41, 5.74) is 0. The van der Waals surface area contributed by atoms with Crippen LogP contribution in [0.1, 0.15) is 20.3 Å². The molecule has 1 atom stereocenters. The van der Waals surface area contributed by atoms with E-state index >= 15 is 0 Å². The SMILES string of the molecule is CC(C)CO[C@H](CC(=O)[O-])C[N+](C)(C)C.Cl. The molecule has 0 aliphatic heterocycles. The molecule has 0 aromatic rings. The van der Waals surface area contributed by atoms with Crippen LogP contribution in [0.4, 0.5) is 0 Å². The van der Waals surface area contributed by atoms with Crippen LogP contribution in [0.2, 0.25) is 0 Å². The maximum Gasteiger partial charge on any atom is 0.112 e. The molecule has 0 radical (unpaired) electrons. The van der Waals surface area contributed by atoms with Crippen molar-refractivity contribution in [3.63, 3.8) is 0 Å². The number of aliphatic carboxylic acids is 1. The topological polar surface area (TPSA) is 49.4 Å². The number of carboxylic acid groups (broad SMARTS) is 1. The van der Waals surface area contributed by atoms with Gasteiger partial charge in [-0.2, -0.15) is 0 Å². The molecular formula is C11H24ClNO3. The lowest BCUT2D eigenvalue weighted by Crippen LogP contribution is -2.44. The van der Waals surface area contributed by atoms with E-state index in [4.69, 9.17) is 4.74 Å². The third-order valence-corrected chi connectivity index (χ3v) is 1.81. The summed E-state index contributed by atoms with van der Waals surface area (Å²) in [7, 11) is 6.04. The lowest BCUT2D eigenvalue weighted by molar-refractivity contribution is -0.873. The molecule has 16 heavy (non-hydrogen) atoms. The standard InChI is InChI=1S/C11H23NO3.ClH/c1-9(2)8-15-10(6-11(13)14)7-12(3,4)5;/h9-10H,6-8H2,1-5H3;1H/t10-;/m1./s1. The molecule has 0 amide bonds. The van der Waals surface area contributed by atoms with Crippen molar-refractivity contribution in [2.75, 3.05) is 34.3 Å². The number of carboxylic acids is 1. The van der Waals surface area contributed by atoms with Crippen LogP contribution in [0.25, 0.3) is 0 Å². The Bertz CT molecular complexity index is 202. The minimum atomic E-state index is -1.04. The number of carbonyl (C=O) groups excluding carboxylic acids is 1. The lowest BCUT2D eigenvalue weighted by Gasteiger charge is -2.29. The van der Waals surface area contributed by atoms with Crippen molar-refractivity contribution in [3.8, 4) is 0 Å². The molecule has 0 N–H and O–H groups in total. The van der Waals surface area contributed by atoms with Gasteiger partial charge in [-0.3, -0.25) is 0 Å². The lowest BCUT2D eigenvalue weighted by atomic mass is 10.2. The van der Waals surface area contributed by atoms with Gasteiger partial charge in [0.05, 0.1) is 21.1 Å². The quantitative estimate of drug-likeness (QED) is 0.613. The number of likely N-dealkylation sites (N-methyl/N-ethyl adjacent to an activating group) is 1. The molecule has 0 fully saturated rings. The highest BCUT2D eigenvalue weighted by atomic mass is 35.5. The molecule has 5 heteroatoms. The molecule has 0 aromatic heterocycles. The summed E-state index contributed by atoms with van der Waals surface area (Å²) in [6.07, 6.45) is -0.278. The van der Waals surface area contributed by atoms with Crippen molar-refractivity contribution in [3.05, 3.63) is 0 Å². The van der Waals surface area contributed by atoms with Crippen molar-refractivity contribution >= 4 is 18.4 Å². The first kappa shape index (κ1) is 18.1. The van der Waals surface area contributed by atoms with Gasteiger partial charge in [-0.1, -0.05) is 13.8 Å². The Morgan fingerprint density at radius 2 is 1.81 bits per heavy atom. The minimum absolute atomic E-state index is 0. The van der Waals surface area contributed by atoms with Gasteiger partial charge in [-0.15, -0.1) is 12.4 Å². The van der Waals surface area contributed by atoms with Crippen LogP contribution < -0.4 is 5.11 Å². The number of hydrogen-bond donors (Lipinski definition) is 0. The summed E-state index contributed by atoms with van der Waals surface area (Å²) in [5.74, 6) is -0.626. The van der Waals surface area contributed by atoms with Gasteiger partial charge in [0.1, 0.15) is 12.6 Å². The van der Waals surface area contributed by atoms with E-state index in [0.29, 0.717) is 23.6 Å². The number of halogens is 1. The highest BCUT2D eigenvalue weighted by molar-refractivity contribution is 5.85. The average molecular weight is 254 g/mol. The van der Waals surface area contributed by atoms with Crippen molar-refractivity contribution in [1.82, 2.24) is 0 Å². The summed E-state index contributed by atoms with van der Waals surface area (Å²) in [4.78, 5) is 10.5. The minimum Gasteiger partial charge on any atom is -0.550 e. The van der Waals surface area contributed by atoms with Gasteiger partial charge < -0.3 is 19.1 Å². The van der Waals surface area contributed by atoms with E-state index in [1.165, 1.54) is 0 Å². The van der Waals surface area contributed by atoms with E-state index in [0.717, 1.165) is 0 Å². The average Bonchev–Trinajstić information content (AvgIpc) is 1.95. The van der Waals surface area contributed by atoms with E-state index in [9.17, 15) is 9.90 Å². The second-order valence-corrected chi connectivity index (χ2v) is 5.40. The van der Waals surface area contributed by atoms with Crippen molar-refractivity contribution in [2.24, 2.45) is 5.92 Å². The number of carbonyl (C=O) groups is 1. The Labute approximate surface area is 105 Å². The number of ether oxygens (including phenoxy) is 1. The van der Waals surface area contributed by atoms with Crippen LogP contribution in [-0.4, -0.2) is 50.9 Å². The molecular weight excluding hydrogens is 230 g/mol. The number of hydrogen-bond acceptors (Lipinski definition) is 3. The monoisotopic (exact) mass is 253 g/mol. The predicted molar refractivity (Wildman–Crippen MR) is 64.3 cm³/mol. The molecule has 4 nitrogen and oxygen atoms in total. The number of quaternary nitrogens is 1. The molecule has 0 aliphatic rings. The van der Waals surface area contributed by atoms with Crippen LogP contribution >= 0.6 is 12.4 Å². The van der Waals surface area contributed by atoms with E-state index < -0.39 is 5.97 Å². The zero-order valence-electron chi connectivity index (χ0n) is 10.9.